The highest BCUT2D eigenvalue weighted by atomic mass is 16.3. The zero-order valence-electron chi connectivity index (χ0n) is 10.9. The van der Waals surface area contributed by atoms with Crippen LogP contribution in [0.5, 0.6) is 0 Å². The van der Waals surface area contributed by atoms with Crippen LogP contribution < -0.4 is 5.32 Å². The molecular formula is C14H21NO2. The summed E-state index contributed by atoms with van der Waals surface area (Å²) in [6, 6.07) is 6.40. The first kappa shape index (κ1) is 13.7. The van der Waals surface area contributed by atoms with Crippen molar-refractivity contribution in [2.24, 2.45) is 0 Å². The van der Waals surface area contributed by atoms with Crippen molar-refractivity contribution in [1.29, 1.82) is 0 Å². The monoisotopic (exact) mass is 235 g/mol. The third-order valence-corrected chi connectivity index (χ3v) is 2.59. The van der Waals surface area contributed by atoms with Crippen molar-refractivity contribution >= 4 is 5.91 Å². The minimum Gasteiger partial charge on any atom is -0.384 e. The zero-order chi connectivity index (χ0) is 13.0. The lowest BCUT2D eigenvalue weighted by molar-refractivity contribution is -0.129. The molecule has 0 aliphatic rings. The first-order chi connectivity index (χ1) is 7.88. The van der Waals surface area contributed by atoms with E-state index in [2.05, 4.69) is 37.4 Å². The Kier molecular flexibility index (Phi) is 4.70. The molecule has 0 radical (unpaired) electrons. The SMILES string of the molecule is Cc1cc(C)cc(CC(C)NC(=O)C(C)O)c1. The van der Waals surface area contributed by atoms with Gasteiger partial charge in [-0.15, -0.1) is 0 Å². The highest BCUT2D eigenvalue weighted by molar-refractivity contribution is 5.80. The van der Waals surface area contributed by atoms with Crippen molar-refractivity contribution < 1.29 is 9.90 Å². The van der Waals surface area contributed by atoms with Crippen LogP contribution in [0.25, 0.3) is 0 Å². The Labute approximate surface area is 103 Å². The van der Waals surface area contributed by atoms with Crippen molar-refractivity contribution in [2.75, 3.05) is 0 Å². The minimum atomic E-state index is -0.948. The Morgan fingerprint density at radius 2 is 1.76 bits per heavy atom. The van der Waals surface area contributed by atoms with Gasteiger partial charge in [-0.05, 0) is 39.7 Å². The standard InChI is InChI=1S/C14H21NO2/c1-9-5-10(2)7-13(6-9)8-11(3)15-14(17)12(4)16/h5-7,11-12,16H,8H2,1-4H3,(H,15,17). The van der Waals surface area contributed by atoms with Gasteiger partial charge >= 0.3 is 0 Å². The number of rotatable bonds is 4. The maximum absolute atomic E-state index is 11.3. The second kappa shape index (κ2) is 5.82. The van der Waals surface area contributed by atoms with Crippen molar-refractivity contribution in [3.8, 4) is 0 Å². The number of carbonyl (C=O) groups is 1. The molecular weight excluding hydrogens is 214 g/mol. The molecule has 1 aromatic rings. The lowest BCUT2D eigenvalue weighted by Crippen LogP contribution is -2.39. The molecule has 1 rings (SSSR count). The minimum absolute atomic E-state index is 0.0262. The van der Waals surface area contributed by atoms with Gasteiger partial charge in [-0.25, -0.2) is 0 Å². The predicted molar refractivity (Wildman–Crippen MR) is 68.9 cm³/mol. The molecule has 3 heteroatoms. The maximum atomic E-state index is 11.3. The molecule has 1 aromatic carbocycles. The molecule has 3 nitrogen and oxygen atoms in total. The van der Waals surface area contributed by atoms with Crippen LogP contribution in [-0.4, -0.2) is 23.2 Å². The van der Waals surface area contributed by atoms with Gasteiger partial charge < -0.3 is 10.4 Å². The van der Waals surface area contributed by atoms with E-state index < -0.39 is 6.10 Å². The highest BCUT2D eigenvalue weighted by Gasteiger charge is 2.12. The zero-order valence-corrected chi connectivity index (χ0v) is 10.9. The molecule has 0 bridgehead atoms. The van der Waals surface area contributed by atoms with Gasteiger partial charge in [-0.3, -0.25) is 4.79 Å². The topological polar surface area (TPSA) is 49.3 Å². The molecule has 0 saturated heterocycles. The maximum Gasteiger partial charge on any atom is 0.248 e. The van der Waals surface area contributed by atoms with Crippen LogP contribution in [0.1, 0.15) is 30.5 Å². The van der Waals surface area contributed by atoms with E-state index in [-0.39, 0.29) is 11.9 Å². The van der Waals surface area contributed by atoms with E-state index in [1.807, 2.05) is 6.92 Å². The third kappa shape index (κ3) is 4.57. The number of nitrogens with one attached hydrogen (secondary N) is 1. The summed E-state index contributed by atoms with van der Waals surface area (Å²) in [4.78, 5) is 11.3. The predicted octanol–water partition coefficient (Wildman–Crippen LogP) is 1.73. The molecule has 94 valence electrons. The molecule has 2 unspecified atom stereocenters. The van der Waals surface area contributed by atoms with E-state index in [9.17, 15) is 4.79 Å². The van der Waals surface area contributed by atoms with Crippen LogP contribution in [0.2, 0.25) is 0 Å². The van der Waals surface area contributed by atoms with Gasteiger partial charge in [-0.1, -0.05) is 29.3 Å². The molecule has 0 aromatic heterocycles. The molecule has 2 N–H and O–H groups in total. The summed E-state index contributed by atoms with van der Waals surface area (Å²) >= 11 is 0. The van der Waals surface area contributed by atoms with Gasteiger partial charge in [-0.2, -0.15) is 0 Å². The van der Waals surface area contributed by atoms with Crippen molar-refractivity contribution in [1.82, 2.24) is 5.32 Å². The molecule has 0 saturated carbocycles. The largest absolute Gasteiger partial charge is 0.384 e. The number of benzene rings is 1. The number of amides is 1. The summed E-state index contributed by atoms with van der Waals surface area (Å²) < 4.78 is 0. The van der Waals surface area contributed by atoms with E-state index in [0.29, 0.717) is 0 Å². The normalized spacial score (nSPS) is 14.2. The number of aryl methyl sites for hydroxylation is 2. The second-order valence-electron chi connectivity index (χ2n) is 4.79. The first-order valence-electron chi connectivity index (χ1n) is 5.94. The van der Waals surface area contributed by atoms with E-state index in [4.69, 9.17) is 5.11 Å². The number of aliphatic hydroxyl groups is 1. The highest BCUT2D eigenvalue weighted by Crippen LogP contribution is 2.10. The molecule has 1 amide bonds. The molecule has 0 heterocycles. The van der Waals surface area contributed by atoms with Crippen molar-refractivity contribution in [3.05, 3.63) is 34.9 Å². The fourth-order valence-electron chi connectivity index (χ4n) is 1.95. The summed E-state index contributed by atoms with van der Waals surface area (Å²) in [7, 11) is 0. The van der Waals surface area contributed by atoms with Crippen LogP contribution in [0.4, 0.5) is 0 Å². The van der Waals surface area contributed by atoms with Gasteiger partial charge in [0.25, 0.3) is 0 Å². The number of aliphatic hydroxyl groups excluding tert-OH is 1. The van der Waals surface area contributed by atoms with Gasteiger partial charge in [0.2, 0.25) is 5.91 Å². The number of carbonyl (C=O) groups excluding carboxylic acids is 1. The lowest BCUT2D eigenvalue weighted by Gasteiger charge is -2.15. The average molecular weight is 235 g/mol. The third-order valence-electron chi connectivity index (χ3n) is 2.59. The van der Waals surface area contributed by atoms with Crippen LogP contribution >= 0.6 is 0 Å². The van der Waals surface area contributed by atoms with Crippen LogP contribution in [-0.2, 0) is 11.2 Å². The molecule has 0 spiro atoms. The van der Waals surface area contributed by atoms with Gasteiger partial charge in [0.1, 0.15) is 6.10 Å². The van der Waals surface area contributed by atoms with Crippen LogP contribution in [0, 0.1) is 13.8 Å². The second-order valence-corrected chi connectivity index (χ2v) is 4.79. The van der Waals surface area contributed by atoms with Gasteiger partial charge in [0.15, 0.2) is 0 Å². The molecule has 0 fully saturated rings. The molecule has 0 aliphatic heterocycles. The average Bonchev–Trinajstić information content (AvgIpc) is 2.14. The van der Waals surface area contributed by atoms with Crippen LogP contribution in [0.15, 0.2) is 18.2 Å². The number of hydrogen-bond acceptors (Lipinski definition) is 2. The van der Waals surface area contributed by atoms with E-state index in [1.54, 1.807) is 0 Å². The Morgan fingerprint density at radius 1 is 1.24 bits per heavy atom. The van der Waals surface area contributed by atoms with Crippen molar-refractivity contribution in [3.63, 3.8) is 0 Å². The fraction of sp³-hybridized carbons (Fsp3) is 0.500. The number of hydrogen-bond donors (Lipinski definition) is 2. The summed E-state index contributed by atoms with van der Waals surface area (Å²) in [5, 5.41) is 11.9. The Balaban J connectivity index is 2.61. The molecule has 2 atom stereocenters. The van der Waals surface area contributed by atoms with Gasteiger partial charge in [0, 0.05) is 6.04 Å². The Morgan fingerprint density at radius 3 is 2.24 bits per heavy atom. The quantitative estimate of drug-likeness (QED) is 0.835. The van der Waals surface area contributed by atoms with Gasteiger partial charge in [0.05, 0.1) is 0 Å². The van der Waals surface area contributed by atoms with Crippen molar-refractivity contribution in [2.45, 2.75) is 46.3 Å². The molecule has 0 aliphatic carbocycles. The fourth-order valence-corrected chi connectivity index (χ4v) is 1.95. The van der Waals surface area contributed by atoms with E-state index in [0.717, 1.165) is 6.42 Å². The van der Waals surface area contributed by atoms with E-state index >= 15 is 0 Å². The Hall–Kier alpha value is -1.35. The summed E-state index contributed by atoms with van der Waals surface area (Å²) in [5.41, 5.74) is 3.67. The first-order valence-corrected chi connectivity index (χ1v) is 5.94. The summed E-state index contributed by atoms with van der Waals surface area (Å²) in [5.74, 6) is -0.318. The summed E-state index contributed by atoms with van der Waals surface area (Å²) in [6.45, 7) is 7.54. The van der Waals surface area contributed by atoms with E-state index in [1.165, 1.54) is 23.6 Å². The molecule has 17 heavy (non-hydrogen) atoms. The smallest absolute Gasteiger partial charge is 0.248 e. The Bertz CT molecular complexity index is 379. The summed E-state index contributed by atoms with van der Waals surface area (Å²) in [6.07, 6.45) is -0.169. The lowest BCUT2D eigenvalue weighted by atomic mass is 10.0. The van der Waals surface area contributed by atoms with Crippen LogP contribution in [0.3, 0.4) is 0 Å².